The maximum Gasteiger partial charge on any atom is 0.207 e. The highest BCUT2D eigenvalue weighted by molar-refractivity contribution is 6.54. The zero-order chi connectivity index (χ0) is 10.4. The zero-order valence-corrected chi connectivity index (χ0v) is 7.60. The Morgan fingerprint density at radius 1 is 1.27 bits per heavy atom. The largest absolute Gasteiger partial charge is 0.292 e. The number of fused-ring (bicyclic) bond motifs is 2. The molecular weight excluding hydrogens is 194 g/mol. The molecule has 0 aromatic rings. The van der Waals surface area contributed by atoms with E-state index in [1.165, 1.54) is 12.4 Å². The molecule has 2 heterocycles. The second kappa shape index (κ2) is 2.66. The van der Waals surface area contributed by atoms with E-state index in [0.717, 1.165) is 0 Å². The van der Waals surface area contributed by atoms with Gasteiger partial charge in [0.05, 0.1) is 0 Å². The van der Waals surface area contributed by atoms with Gasteiger partial charge in [-0.05, 0) is 6.08 Å². The van der Waals surface area contributed by atoms with Gasteiger partial charge in [-0.15, -0.1) is 0 Å². The van der Waals surface area contributed by atoms with E-state index >= 15 is 0 Å². The molecule has 0 aromatic carbocycles. The quantitative estimate of drug-likeness (QED) is 0.510. The SMILES string of the molecule is O=C1C=C2C(=O)CN=CC2=C2N=CN=C12. The maximum atomic E-state index is 11.6. The van der Waals surface area contributed by atoms with Crippen molar-refractivity contribution in [3.8, 4) is 0 Å². The normalized spacial score (nSPS) is 22.7. The third-order valence-electron chi connectivity index (χ3n) is 2.41. The number of carbonyl (C=O) groups is 2. The number of nitrogens with zero attached hydrogens (tertiary/aromatic N) is 3. The molecule has 2 aliphatic heterocycles. The van der Waals surface area contributed by atoms with Crippen LogP contribution in [0.25, 0.3) is 0 Å². The van der Waals surface area contributed by atoms with Gasteiger partial charge in [-0.2, -0.15) is 0 Å². The van der Waals surface area contributed by atoms with Crippen molar-refractivity contribution in [2.75, 3.05) is 6.54 Å². The number of hydrogen-bond acceptors (Lipinski definition) is 5. The monoisotopic (exact) mass is 199 g/mol. The molecule has 0 fully saturated rings. The number of carbonyl (C=O) groups excluding carboxylic acids is 2. The molecule has 0 radical (unpaired) electrons. The summed E-state index contributed by atoms with van der Waals surface area (Å²) in [5.74, 6) is -0.403. The molecule has 0 spiro atoms. The lowest BCUT2D eigenvalue weighted by atomic mass is 9.89. The van der Waals surface area contributed by atoms with Crippen LogP contribution in [0, 0.1) is 0 Å². The predicted octanol–water partition coefficient (Wildman–Crippen LogP) is -0.114. The molecule has 5 heteroatoms. The van der Waals surface area contributed by atoms with Gasteiger partial charge in [0.15, 0.2) is 5.78 Å². The fraction of sp³-hybridized carbons (Fsp3) is 0.100. The summed E-state index contributed by atoms with van der Waals surface area (Å²) in [6, 6.07) is 0. The van der Waals surface area contributed by atoms with Gasteiger partial charge in [0.25, 0.3) is 0 Å². The zero-order valence-electron chi connectivity index (χ0n) is 7.60. The summed E-state index contributed by atoms with van der Waals surface area (Å²) in [6.07, 6.45) is 4.21. The molecule has 0 saturated carbocycles. The van der Waals surface area contributed by atoms with Crippen molar-refractivity contribution in [3.63, 3.8) is 0 Å². The van der Waals surface area contributed by atoms with Crippen molar-refractivity contribution in [2.45, 2.75) is 0 Å². The first-order valence-corrected chi connectivity index (χ1v) is 4.42. The second-order valence-electron chi connectivity index (χ2n) is 3.30. The summed E-state index contributed by atoms with van der Waals surface area (Å²) < 4.78 is 0. The Bertz CT molecular complexity index is 547. The first-order valence-electron chi connectivity index (χ1n) is 4.42. The minimum absolute atomic E-state index is 0.103. The van der Waals surface area contributed by atoms with E-state index in [1.807, 2.05) is 0 Å². The molecule has 0 saturated heterocycles. The Hall–Kier alpha value is -2.17. The van der Waals surface area contributed by atoms with E-state index in [9.17, 15) is 9.59 Å². The van der Waals surface area contributed by atoms with Crippen LogP contribution >= 0.6 is 0 Å². The van der Waals surface area contributed by atoms with Crippen LogP contribution in [0.1, 0.15) is 0 Å². The van der Waals surface area contributed by atoms with E-state index in [0.29, 0.717) is 22.6 Å². The van der Waals surface area contributed by atoms with Crippen LogP contribution in [-0.2, 0) is 9.59 Å². The Morgan fingerprint density at radius 2 is 2.13 bits per heavy atom. The van der Waals surface area contributed by atoms with Gasteiger partial charge in [0.1, 0.15) is 24.3 Å². The molecule has 0 unspecified atom stereocenters. The molecule has 0 N–H and O–H groups in total. The molecule has 72 valence electrons. The first kappa shape index (κ1) is 8.16. The van der Waals surface area contributed by atoms with Crippen molar-refractivity contribution in [1.82, 2.24) is 0 Å². The fourth-order valence-corrected chi connectivity index (χ4v) is 1.72. The van der Waals surface area contributed by atoms with E-state index in [2.05, 4.69) is 15.0 Å². The highest BCUT2D eigenvalue weighted by Gasteiger charge is 2.31. The maximum absolute atomic E-state index is 11.6. The van der Waals surface area contributed by atoms with Crippen LogP contribution in [0.3, 0.4) is 0 Å². The standard InChI is InChI=1S/C10H5N3O2/c14-7-1-5-6(2-11-3-8(5)15)9-10(7)13-4-12-9/h1-2,4H,3H2. The van der Waals surface area contributed by atoms with Gasteiger partial charge >= 0.3 is 0 Å². The molecule has 0 aromatic heterocycles. The van der Waals surface area contributed by atoms with E-state index in [-0.39, 0.29) is 18.1 Å². The lowest BCUT2D eigenvalue weighted by Gasteiger charge is -2.16. The number of ketones is 2. The fourth-order valence-electron chi connectivity index (χ4n) is 1.72. The topological polar surface area (TPSA) is 71.2 Å². The number of rotatable bonds is 0. The molecule has 3 aliphatic rings. The van der Waals surface area contributed by atoms with Gasteiger partial charge in [0.2, 0.25) is 5.78 Å². The Labute approximate surface area is 84.6 Å². The first-order chi connectivity index (χ1) is 7.27. The van der Waals surface area contributed by atoms with Gasteiger partial charge in [0, 0.05) is 17.4 Å². The van der Waals surface area contributed by atoms with E-state index in [4.69, 9.17) is 0 Å². The minimum atomic E-state index is -0.259. The van der Waals surface area contributed by atoms with Crippen molar-refractivity contribution >= 4 is 29.8 Å². The van der Waals surface area contributed by atoms with E-state index in [1.54, 1.807) is 6.21 Å². The Balaban J connectivity index is 2.30. The van der Waals surface area contributed by atoms with Crippen molar-refractivity contribution in [2.24, 2.45) is 15.0 Å². The van der Waals surface area contributed by atoms with Gasteiger partial charge < -0.3 is 0 Å². The van der Waals surface area contributed by atoms with Crippen LogP contribution in [0.4, 0.5) is 0 Å². The van der Waals surface area contributed by atoms with E-state index < -0.39 is 0 Å². The molecule has 15 heavy (non-hydrogen) atoms. The highest BCUT2D eigenvalue weighted by Crippen LogP contribution is 2.26. The Kier molecular flexibility index (Phi) is 1.45. The smallest absolute Gasteiger partial charge is 0.207 e. The number of hydrogen-bond donors (Lipinski definition) is 0. The summed E-state index contributed by atoms with van der Waals surface area (Å²) >= 11 is 0. The van der Waals surface area contributed by atoms with Crippen molar-refractivity contribution in [3.05, 3.63) is 22.9 Å². The van der Waals surface area contributed by atoms with Crippen molar-refractivity contribution in [1.29, 1.82) is 0 Å². The molecular formula is C10H5N3O2. The van der Waals surface area contributed by atoms with Gasteiger partial charge in [-0.25, -0.2) is 9.98 Å². The third kappa shape index (κ3) is 0.999. The summed E-state index contributed by atoms with van der Waals surface area (Å²) in [7, 11) is 0. The minimum Gasteiger partial charge on any atom is -0.292 e. The lowest BCUT2D eigenvalue weighted by molar-refractivity contribution is -0.115. The lowest BCUT2D eigenvalue weighted by Crippen LogP contribution is -2.26. The molecule has 3 rings (SSSR count). The molecule has 0 bridgehead atoms. The van der Waals surface area contributed by atoms with Gasteiger partial charge in [-0.1, -0.05) is 0 Å². The third-order valence-corrected chi connectivity index (χ3v) is 2.41. The summed E-state index contributed by atoms with van der Waals surface area (Å²) in [5, 5.41) is 0. The average Bonchev–Trinajstić information content (AvgIpc) is 2.69. The summed E-state index contributed by atoms with van der Waals surface area (Å²) in [6.45, 7) is 0.103. The molecule has 0 amide bonds. The van der Waals surface area contributed by atoms with Crippen LogP contribution in [0.2, 0.25) is 0 Å². The second-order valence-corrected chi connectivity index (χ2v) is 3.30. The molecule has 1 aliphatic carbocycles. The van der Waals surface area contributed by atoms with Gasteiger partial charge in [-0.3, -0.25) is 14.6 Å². The van der Waals surface area contributed by atoms with Crippen LogP contribution in [0.5, 0.6) is 0 Å². The van der Waals surface area contributed by atoms with Crippen molar-refractivity contribution < 1.29 is 9.59 Å². The molecule has 0 atom stereocenters. The summed E-state index contributed by atoms with van der Waals surface area (Å²) in [5.41, 5.74) is 1.78. The van der Waals surface area contributed by atoms with Crippen LogP contribution in [-0.4, -0.2) is 36.4 Å². The van der Waals surface area contributed by atoms with Crippen LogP contribution in [0.15, 0.2) is 37.9 Å². The highest BCUT2D eigenvalue weighted by atomic mass is 16.1. The Morgan fingerprint density at radius 3 is 3.00 bits per heavy atom. The van der Waals surface area contributed by atoms with Crippen LogP contribution < -0.4 is 0 Å². The summed E-state index contributed by atoms with van der Waals surface area (Å²) in [4.78, 5) is 34.8. The number of aliphatic imine (C=N–C) groups is 3. The predicted molar refractivity (Wildman–Crippen MR) is 54.4 cm³/mol. The number of Topliss-reactive ketones (excluding diaryl/α,β-unsaturated/α-hetero) is 1. The average molecular weight is 199 g/mol. The molecule has 5 nitrogen and oxygen atoms in total. The number of allylic oxidation sites excluding steroid dienone is 3.